The molecular formula is C20H28FN5O. The molecule has 3 heterocycles. The number of piperazine rings is 1. The lowest BCUT2D eigenvalue weighted by molar-refractivity contribution is -0.0180. The van der Waals surface area contributed by atoms with Crippen LogP contribution in [0.4, 0.5) is 10.1 Å². The Morgan fingerprint density at radius 2 is 1.93 bits per heavy atom. The van der Waals surface area contributed by atoms with E-state index in [4.69, 9.17) is 0 Å². The summed E-state index contributed by atoms with van der Waals surface area (Å²) in [6.45, 7) is 5.70. The standard InChI is InChI=1S/C20H28FN5O/c1-23-9-7-22-20(23)15-24-8-6-18(19(27)14-24)26-12-10-25(11-13-26)17-5-3-2-4-16(17)21/h2-5,7,9,18-19,27H,6,8,10-15H2,1H3/t18-,19-/m1/s1. The van der Waals surface area contributed by atoms with E-state index in [0.29, 0.717) is 12.2 Å². The molecule has 2 saturated heterocycles. The monoisotopic (exact) mass is 373 g/mol. The molecule has 2 aromatic rings. The molecule has 0 saturated carbocycles. The van der Waals surface area contributed by atoms with E-state index in [1.807, 2.05) is 36.1 Å². The fourth-order valence-electron chi connectivity index (χ4n) is 4.31. The number of aliphatic hydroxyl groups is 1. The average molecular weight is 373 g/mol. The van der Waals surface area contributed by atoms with Crippen LogP contribution in [0.25, 0.3) is 0 Å². The van der Waals surface area contributed by atoms with Crippen LogP contribution in [0.3, 0.4) is 0 Å². The second-order valence-corrected chi connectivity index (χ2v) is 7.59. The molecule has 27 heavy (non-hydrogen) atoms. The van der Waals surface area contributed by atoms with Gasteiger partial charge in [0.15, 0.2) is 0 Å². The van der Waals surface area contributed by atoms with Gasteiger partial charge in [0.2, 0.25) is 0 Å². The lowest BCUT2D eigenvalue weighted by atomic mass is 9.99. The molecule has 1 N–H and O–H groups in total. The van der Waals surface area contributed by atoms with Gasteiger partial charge in [-0.05, 0) is 18.6 Å². The van der Waals surface area contributed by atoms with Gasteiger partial charge in [0.1, 0.15) is 11.6 Å². The van der Waals surface area contributed by atoms with E-state index in [0.717, 1.165) is 51.5 Å². The lowest BCUT2D eigenvalue weighted by Crippen LogP contribution is -2.58. The number of β-amino-alcohol motifs (C(OH)–C–C–N with tert-alkyl or cyclic N) is 1. The largest absolute Gasteiger partial charge is 0.390 e. The van der Waals surface area contributed by atoms with Crippen LogP contribution in [-0.4, -0.2) is 75.9 Å². The fourth-order valence-corrected chi connectivity index (χ4v) is 4.31. The first kappa shape index (κ1) is 18.4. The second-order valence-electron chi connectivity index (χ2n) is 7.59. The van der Waals surface area contributed by atoms with Crippen LogP contribution < -0.4 is 4.90 Å². The molecule has 146 valence electrons. The Bertz CT molecular complexity index is 758. The smallest absolute Gasteiger partial charge is 0.146 e. The Morgan fingerprint density at radius 1 is 1.15 bits per heavy atom. The molecule has 2 atom stereocenters. The van der Waals surface area contributed by atoms with Gasteiger partial charge in [-0.15, -0.1) is 0 Å². The maximum Gasteiger partial charge on any atom is 0.146 e. The molecule has 0 aliphatic carbocycles. The molecule has 0 spiro atoms. The first-order valence-corrected chi connectivity index (χ1v) is 9.72. The predicted molar refractivity (Wildman–Crippen MR) is 103 cm³/mol. The van der Waals surface area contributed by atoms with Crippen molar-refractivity contribution in [2.75, 3.05) is 44.2 Å². The van der Waals surface area contributed by atoms with Crippen LogP contribution in [0, 0.1) is 5.82 Å². The predicted octanol–water partition coefficient (Wildman–Crippen LogP) is 1.32. The van der Waals surface area contributed by atoms with Crippen LogP contribution in [0.2, 0.25) is 0 Å². The Hall–Kier alpha value is -1.96. The number of benzene rings is 1. The number of piperidine rings is 1. The van der Waals surface area contributed by atoms with E-state index >= 15 is 0 Å². The highest BCUT2D eigenvalue weighted by Crippen LogP contribution is 2.24. The van der Waals surface area contributed by atoms with Crippen molar-refractivity contribution in [2.24, 2.45) is 7.05 Å². The van der Waals surface area contributed by atoms with Gasteiger partial charge in [0.25, 0.3) is 0 Å². The molecule has 0 unspecified atom stereocenters. The SMILES string of the molecule is Cn1ccnc1CN1CC[C@@H](N2CCN(c3ccccc3F)CC2)[C@H](O)C1. The van der Waals surface area contributed by atoms with E-state index < -0.39 is 0 Å². The summed E-state index contributed by atoms with van der Waals surface area (Å²) in [6, 6.07) is 7.15. The van der Waals surface area contributed by atoms with Crippen molar-refractivity contribution < 1.29 is 9.50 Å². The van der Waals surface area contributed by atoms with Gasteiger partial charge < -0.3 is 14.6 Å². The van der Waals surface area contributed by atoms with Crippen LogP contribution >= 0.6 is 0 Å². The molecule has 7 heteroatoms. The number of nitrogens with zero attached hydrogens (tertiary/aromatic N) is 5. The summed E-state index contributed by atoms with van der Waals surface area (Å²) < 4.78 is 16.0. The lowest BCUT2D eigenvalue weighted by Gasteiger charge is -2.45. The number of halogens is 1. The van der Waals surface area contributed by atoms with E-state index in [-0.39, 0.29) is 18.0 Å². The van der Waals surface area contributed by atoms with Crippen molar-refractivity contribution in [1.82, 2.24) is 19.4 Å². The molecule has 0 radical (unpaired) electrons. The number of aliphatic hydroxyl groups excluding tert-OH is 1. The third-order valence-corrected chi connectivity index (χ3v) is 5.89. The molecule has 0 bridgehead atoms. The summed E-state index contributed by atoms with van der Waals surface area (Å²) in [5.41, 5.74) is 0.683. The second kappa shape index (κ2) is 7.96. The Balaban J connectivity index is 1.30. The van der Waals surface area contributed by atoms with E-state index in [1.54, 1.807) is 6.07 Å². The zero-order valence-electron chi connectivity index (χ0n) is 15.8. The minimum atomic E-state index is -0.362. The molecular weight excluding hydrogens is 345 g/mol. The van der Waals surface area contributed by atoms with Crippen LogP contribution in [0.5, 0.6) is 0 Å². The zero-order chi connectivity index (χ0) is 18.8. The Morgan fingerprint density at radius 3 is 2.59 bits per heavy atom. The van der Waals surface area contributed by atoms with E-state index in [9.17, 15) is 9.50 Å². The van der Waals surface area contributed by atoms with Gasteiger partial charge in [-0.1, -0.05) is 12.1 Å². The summed E-state index contributed by atoms with van der Waals surface area (Å²) in [6.07, 6.45) is 4.35. The summed E-state index contributed by atoms with van der Waals surface area (Å²) >= 11 is 0. The Kier molecular flexibility index (Phi) is 5.43. The van der Waals surface area contributed by atoms with Crippen molar-refractivity contribution in [3.8, 4) is 0 Å². The quantitative estimate of drug-likeness (QED) is 0.876. The molecule has 1 aromatic heterocycles. The third-order valence-electron chi connectivity index (χ3n) is 5.89. The average Bonchev–Trinajstić information content (AvgIpc) is 3.07. The number of aryl methyl sites for hydroxylation is 1. The highest BCUT2D eigenvalue weighted by atomic mass is 19.1. The van der Waals surface area contributed by atoms with Gasteiger partial charge in [-0.2, -0.15) is 0 Å². The first-order chi connectivity index (χ1) is 13.1. The van der Waals surface area contributed by atoms with Crippen LogP contribution in [-0.2, 0) is 13.6 Å². The van der Waals surface area contributed by atoms with Gasteiger partial charge in [0, 0.05) is 64.8 Å². The summed E-state index contributed by atoms with van der Waals surface area (Å²) in [7, 11) is 2.00. The highest BCUT2D eigenvalue weighted by molar-refractivity contribution is 5.48. The zero-order valence-corrected chi connectivity index (χ0v) is 15.8. The molecule has 2 fully saturated rings. The normalized spacial score (nSPS) is 25.1. The molecule has 4 rings (SSSR count). The molecule has 2 aliphatic rings. The topological polar surface area (TPSA) is 47.8 Å². The number of anilines is 1. The number of aromatic nitrogens is 2. The number of rotatable bonds is 4. The summed E-state index contributed by atoms with van der Waals surface area (Å²) in [4.78, 5) is 11.1. The number of hydrogen-bond donors (Lipinski definition) is 1. The first-order valence-electron chi connectivity index (χ1n) is 9.72. The number of imidazole rings is 1. The third kappa shape index (κ3) is 4.00. The van der Waals surface area contributed by atoms with Gasteiger partial charge in [-0.25, -0.2) is 9.37 Å². The molecule has 0 amide bonds. The van der Waals surface area contributed by atoms with Crippen molar-refractivity contribution >= 4 is 5.69 Å². The van der Waals surface area contributed by atoms with Gasteiger partial charge >= 0.3 is 0 Å². The molecule has 1 aromatic carbocycles. The summed E-state index contributed by atoms with van der Waals surface area (Å²) in [5.74, 6) is 0.868. The van der Waals surface area contributed by atoms with Crippen molar-refractivity contribution in [2.45, 2.75) is 25.1 Å². The minimum Gasteiger partial charge on any atom is -0.390 e. The number of para-hydroxylation sites is 1. The van der Waals surface area contributed by atoms with Crippen LogP contribution in [0.15, 0.2) is 36.7 Å². The fraction of sp³-hybridized carbons (Fsp3) is 0.550. The number of hydrogen-bond acceptors (Lipinski definition) is 5. The highest BCUT2D eigenvalue weighted by Gasteiger charge is 2.34. The van der Waals surface area contributed by atoms with Crippen molar-refractivity contribution in [1.29, 1.82) is 0 Å². The van der Waals surface area contributed by atoms with Gasteiger partial charge in [-0.3, -0.25) is 9.80 Å². The minimum absolute atomic E-state index is 0.159. The van der Waals surface area contributed by atoms with E-state index in [2.05, 4.69) is 19.7 Å². The van der Waals surface area contributed by atoms with E-state index in [1.165, 1.54) is 6.07 Å². The van der Waals surface area contributed by atoms with Crippen molar-refractivity contribution in [3.05, 3.63) is 48.3 Å². The maximum absolute atomic E-state index is 14.0. The van der Waals surface area contributed by atoms with Gasteiger partial charge in [0.05, 0.1) is 18.3 Å². The molecule has 6 nitrogen and oxygen atoms in total. The van der Waals surface area contributed by atoms with Crippen LogP contribution in [0.1, 0.15) is 12.2 Å². The van der Waals surface area contributed by atoms with Crippen molar-refractivity contribution in [3.63, 3.8) is 0 Å². The number of likely N-dealkylation sites (tertiary alicyclic amines) is 1. The maximum atomic E-state index is 14.0. The molecule has 2 aliphatic heterocycles. The summed E-state index contributed by atoms with van der Waals surface area (Å²) in [5, 5.41) is 10.7. The Labute approximate surface area is 159 Å².